The van der Waals surface area contributed by atoms with Gasteiger partial charge in [-0.1, -0.05) is 6.07 Å². The first kappa shape index (κ1) is 18.0. The largest absolute Gasteiger partial charge is 0.331 e. The summed E-state index contributed by atoms with van der Waals surface area (Å²) in [5.41, 5.74) is 1.82. The molecule has 0 radical (unpaired) electrons. The average molecular weight is 369 g/mol. The Morgan fingerprint density at radius 1 is 1.22 bits per heavy atom. The van der Waals surface area contributed by atoms with E-state index in [1.165, 1.54) is 29.9 Å². The smallest absolute Gasteiger partial charge is 0.273 e. The van der Waals surface area contributed by atoms with Crippen molar-refractivity contribution in [1.82, 2.24) is 20.0 Å². The second-order valence-electron chi connectivity index (χ2n) is 5.95. The summed E-state index contributed by atoms with van der Waals surface area (Å²) in [6.07, 6.45) is 1.37. The number of urea groups is 1. The van der Waals surface area contributed by atoms with E-state index in [9.17, 15) is 24.5 Å². The van der Waals surface area contributed by atoms with Gasteiger partial charge in [-0.05, 0) is 26.0 Å². The maximum absolute atomic E-state index is 12.2. The van der Waals surface area contributed by atoms with Crippen LogP contribution in [-0.2, 0) is 9.59 Å². The Hall–Kier alpha value is -3.82. The number of aromatic nitrogens is 2. The second-order valence-corrected chi connectivity index (χ2v) is 5.95. The quantitative estimate of drug-likeness (QED) is 0.378. The third kappa shape index (κ3) is 3.08. The average Bonchev–Trinajstić information content (AvgIpc) is 2.91. The summed E-state index contributed by atoms with van der Waals surface area (Å²) in [7, 11) is 1.27. The number of carbonyl (C=O) groups excluding carboxylic acids is 3. The molecule has 0 aliphatic carbocycles. The van der Waals surface area contributed by atoms with Crippen molar-refractivity contribution in [3.05, 3.63) is 56.9 Å². The summed E-state index contributed by atoms with van der Waals surface area (Å²) in [6, 6.07) is 5.16. The number of amides is 4. The number of imide groups is 2. The Kier molecular flexibility index (Phi) is 4.32. The highest BCUT2D eigenvalue weighted by molar-refractivity contribution is 6.30. The molecule has 2 aromatic rings. The number of nitrogens with zero attached hydrogens (tertiary/aromatic N) is 4. The number of benzene rings is 1. The van der Waals surface area contributed by atoms with E-state index in [2.05, 4.69) is 10.4 Å². The second kappa shape index (κ2) is 6.48. The topological polar surface area (TPSA) is 127 Å². The predicted molar refractivity (Wildman–Crippen MR) is 94.0 cm³/mol. The van der Waals surface area contributed by atoms with Crippen molar-refractivity contribution in [2.75, 3.05) is 7.05 Å². The van der Waals surface area contributed by atoms with E-state index in [1.54, 1.807) is 26.0 Å². The van der Waals surface area contributed by atoms with E-state index in [-0.39, 0.29) is 11.3 Å². The van der Waals surface area contributed by atoms with Gasteiger partial charge in [0.2, 0.25) is 0 Å². The van der Waals surface area contributed by atoms with Crippen LogP contribution >= 0.6 is 0 Å². The number of rotatable bonds is 3. The van der Waals surface area contributed by atoms with E-state index >= 15 is 0 Å². The summed E-state index contributed by atoms with van der Waals surface area (Å²) in [5, 5.41) is 17.4. The highest BCUT2D eigenvalue weighted by Crippen LogP contribution is 2.24. The normalized spacial score (nSPS) is 16.0. The Morgan fingerprint density at radius 2 is 1.93 bits per heavy atom. The summed E-state index contributed by atoms with van der Waals surface area (Å²) in [6.45, 7) is 3.40. The zero-order chi connectivity index (χ0) is 19.9. The number of non-ortho nitro benzene ring substituents is 1. The van der Waals surface area contributed by atoms with Gasteiger partial charge >= 0.3 is 6.03 Å². The molecule has 1 saturated heterocycles. The lowest BCUT2D eigenvalue weighted by Crippen LogP contribution is -2.52. The molecule has 0 saturated carbocycles. The SMILES string of the molecule is Cc1nn(-c2cccc([N+](=O)[O-])c2)c(C)c1/C=C1\C(=O)NC(=O)N(C)C1=O. The van der Waals surface area contributed by atoms with Gasteiger partial charge in [0, 0.05) is 30.4 Å². The lowest BCUT2D eigenvalue weighted by molar-refractivity contribution is -0.384. The van der Waals surface area contributed by atoms with Gasteiger partial charge < -0.3 is 0 Å². The molecule has 0 spiro atoms. The summed E-state index contributed by atoms with van der Waals surface area (Å²) < 4.78 is 1.49. The first-order valence-electron chi connectivity index (χ1n) is 7.87. The number of nitro groups is 1. The minimum atomic E-state index is -0.789. The molecule has 3 rings (SSSR count). The van der Waals surface area contributed by atoms with Crippen LogP contribution in [0.4, 0.5) is 10.5 Å². The molecule has 0 bridgehead atoms. The zero-order valence-electron chi connectivity index (χ0n) is 14.7. The van der Waals surface area contributed by atoms with Crippen molar-refractivity contribution in [2.24, 2.45) is 0 Å². The Morgan fingerprint density at radius 3 is 2.59 bits per heavy atom. The monoisotopic (exact) mass is 369 g/mol. The number of hydrogen-bond donors (Lipinski definition) is 1. The standard InChI is InChI=1S/C17H15N5O5/c1-9-13(8-14-15(23)18-17(25)20(3)16(14)24)10(2)21(19-9)11-5-4-6-12(7-11)22(26)27/h4-8H,1-3H3,(H,18,23,25)/b14-8+. The molecule has 10 nitrogen and oxygen atoms in total. The Bertz CT molecular complexity index is 1040. The van der Waals surface area contributed by atoms with Crippen molar-refractivity contribution in [2.45, 2.75) is 13.8 Å². The van der Waals surface area contributed by atoms with Gasteiger partial charge in [0.15, 0.2) is 0 Å². The predicted octanol–water partition coefficient (Wildman–Crippen LogP) is 1.49. The van der Waals surface area contributed by atoms with Crippen molar-refractivity contribution in [3.8, 4) is 5.69 Å². The van der Waals surface area contributed by atoms with Gasteiger partial charge in [0.25, 0.3) is 17.5 Å². The molecule has 10 heteroatoms. The first-order chi connectivity index (χ1) is 12.7. The molecule has 1 N–H and O–H groups in total. The van der Waals surface area contributed by atoms with Gasteiger partial charge in [-0.2, -0.15) is 5.10 Å². The third-order valence-electron chi connectivity index (χ3n) is 4.23. The molecule has 1 fully saturated rings. The van der Waals surface area contributed by atoms with E-state index < -0.39 is 22.8 Å². The van der Waals surface area contributed by atoms with Gasteiger partial charge in [-0.15, -0.1) is 0 Å². The van der Waals surface area contributed by atoms with Gasteiger partial charge in [0.05, 0.1) is 16.3 Å². The maximum Gasteiger partial charge on any atom is 0.331 e. The molecule has 1 aliphatic heterocycles. The molecule has 1 aliphatic rings. The van der Waals surface area contributed by atoms with Crippen molar-refractivity contribution >= 4 is 29.6 Å². The van der Waals surface area contributed by atoms with E-state index in [4.69, 9.17) is 0 Å². The van der Waals surface area contributed by atoms with Gasteiger partial charge in [-0.3, -0.25) is 29.9 Å². The Balaban J connectivity index is 2.08. The van der Waals surface area contributed by atoms with Crippen molar-refractivity contribution < 1.29 is 19.3 Å². The number of nitrogens with one attached hydrogen (secondary N) is 1. The molecule has 138 valence electrons. The van der Waals surface area contributed by atoms with E-state index in [0.717, 1.165) is 4.90 Å². The van der Waals surface area contributed by atoms with Gasteiger partial charge in [0.1, 0.15) is 5.57 Å². The van der Waals surface area contributed by atoms with Crippen LogP contribution in [-0.4, -0.2) is 44.5 Å². The van der Waals surface area contributed by atoms with Crippen LogP contribution in [0.5, 0.6) is 0 Å². The van der Waals surface area contributed by atoms with E-state index in [0.29, 0.717) is 22.6 Å². The third-order valence-corrected chi connectivity index (χ3v) is 4.23. The summed E-state index contributed by atoms with van der Waals surface area (Å²) in [4.78, 5) is 47.1. The molecule has 1 aromatic heterocycles. The van der Waals surface area contributed by atoms with E-state index in [1.807, 2.05) is 0 Å². The highest BCUT2D eigenvalue weighted by Gasteiger charge is 2.33. The van der Waals surface area contributed by atoms with Crippen LogP contribution in [0, 0.1) is 24.0 Å². The fraction of sp³-hybridized carbons (Fsp3) is 0.176. The van der Waals surface area contributed by atoms with Crippen LogP contribution in [0.1, 0.15) is 17.0 Å². The first-order valence-corrected chi connectivity index (χ1v) is 7.87. The summed E-state index contributed by atoms with van der Waals surface area (Å²) >= 11 is 0. The molecule has 0 atom stereocenters. The minimum Gasteiger partial charge on any atom is -0.273 e. The lowest BCUT2D eigenvalue weighted by Gasteiger charge is -2.22. The molecule has 4 amide bonds. The maximum atomic E-state index is 12.2. The minimum absolute atomic E-state index is 0.0815. The number of hydrogen-bond acceptors (Lipinski definition) is 6. The number of carbonyl (C=O) groups is 3. The molecule has 0 unspecified atom stereocenters. The van der Waals surface area contributed by atoms with Crippen LogP contribution in [0.15, 0.2) is 29.8 Å². The summed E-state index contributed by atoms with van der Waals surface area (Å²) in [5.74, 6) is -1.50. The van der Waals surface area contributed by atoms with Crippen LogP contribution in [0.25, 0.3) is 11.8 Å². The van der Waals surface area contributed by atoms with Gasteiger partial charge in [-0.25, -0.2) is 9.48 Å². The van der Waals surface area contributed by atoms with Crippen LogP contribution < -0.4 is 5.32 Å². The van der Waals surface area contributed by atoms with Crippen molar-refractivity contribution in [1.29, 1.82) is 0 Å². The number of barbiturate groups is 1. The molecule has 1 aromatic carbocycles. The lowest BCUT2D eigenvalue weighted by atomic mass is 10.1. The molecular formula is C17H15N5O5. The molecule has 2 heterocycles. The van der Waals surface area contributed by atoms with Crippen LogP contribution in [0.3, 0.4) is 0 Å². The molecular weight excluding hydrogens is 354 g/mol. The zero-order valence-corrected chi connectivity index (χ0v) is 14.7. The van der Waals surface area contributed by atoms with Crippen LogP contribution in [0.2, 0.25) is 0 Å². The highest BCUT2D eigenvalue weighted by atomic mass is 16.6. The fourth-order valence-corrected chi connectivity index (χ4v) is 2.74. The number of aryl methyl sites for hydroxylation is 1. The molecule has 27 heavy (non-hydrogen) atoms. The Labute approximate surface area is 153 Å². The fourth-order valence-electron chi connectivity index (χ4n) is 2.74. The number of nitro benzene ring substituents is 1. The number of likely N-dealkylation sites (N-methyl/N-ethyl adjacent to an activating group) is 1. The van der Waals surface area contributed by atoms with Crippen molar-refractivity contribution in [3.63, 3.8) is 0 Å².